The first-order valence-corrected chi connectivity index (χ1v) is 7.26. The van der Waals surface area contributed by atoms with Crippen LogP contribution in [-0.4, -0.2) is 15.5 Å². The zero-order chi connectivity index (χ0) is 17.2. The van der Waals surface area contributed by atoms with E-state index in [4.69, 9.17) is 0 Å². The maximum Gasteiger partial charge on any atom is 0.416 e. The molecule has 0 aliphatic carbocycles. The van der Waals surface area contributed by atoms with Crippen LogP contribution in [0, 0.1) is 0 Å². The molecule has 3 rings (SSSR count). The van der Waals surface area contributed by atoms with Crippen molar-refractivity contribution >= 4 is 16.9 Å². The fraction of sp³-hybridized carbons (Fsp3) is 0.176. The molecule has 0 fully saturated rings. The summed E-state index contributed by atoms with van der Waals surface area (Å²) >= 11 is 0. The molecule has 1 N–H and O–H groups in total. The van der Waals surface area contributed by atoms with E-state index in [0.29, 0.717) is 5.56 Å². The van der Waals surface area contributed by atoms with Gasteiger partial charge in [0, 0.05) is 6.54 Å². The summed E-state index contributed by atoms with van der Waals surface area (Å²) < 4.78 is 39.7. The largest absolute Gasteiger partial charge is 0.416 e. The first-order valence-electron chi connectivity index (χ1n) is 7.26. The monoisotopic (exact) mass is 333 g/mol. The van der Waals surface area contributed by atoms with Crippen LogP contribution in [0.4, 0.5) is 13.2 Å². The molecule has 0 saturated carbocycles. The smallest absolute Gasteiger partial charge is 0.350 e. The van der Waals surface area contributed by atoms with Crippen LogP contribution in [0.1, 0.15) is 11.1 Å². The third-order valence-corrected chi connectivity index (χ3v) is 3.59. The minimum Gasteiger partial charge on any atom is -0.350 e. The van der Waals surface area contributed by atoms with E-state index in [-0.39, 0.29) is 19.0 Å². The Kier molecular flexibility index (Phi) is 4.24. The predicted molar refractivity (Wildman–Crippen MR) is 83.0 cm³/mol. The summed E-state index contributed by atoms with van der Waals surface area (Å²) in [4.78, 5) is 16.2. The second-order valence-corrected chi connectivity index (χ2v) is 5.34. The predicted octanol–water partition coefficient (Wildman–Crippen LogP) is 3.37. The number of hydrogen-bond donors (Lipinski definition) is 1. The van der Waals surface area contributed by atoms with Gasteiger partial charge in [0.1, 0.15) is 6.54 Å². The van der Waals surface area contributed by atoms with Gasteiger partial charge in [0.15, 0.2) is 0 Å². The average molecular weight is 333 g/mol. The maximum atomic E-state index is 12.7. The first kappa shape index (κ1) is 16.0. The van der Waals surface area contributed by atoms with Crippen molar-refractivity contribution in [3.05, 3.63) is 66.0 Å². The molecular formula is C17H14F3N3O. The van der Waals surface area contributed by atoms with Crippen molar-refractivity contribution in [2.75, 3.05) is 0 Å². The summed E-state index contributed by atoms with van der Waals surface area (Å²) in [5, 5.41) is 2.63. The molecule has 1 aromatic heterocycles. The Morgan fingerprint density at radius 2 is 1.92 bits per heavy atom. The van der Waals surface area contributed by atoms with E-state index < -0.39 is 11.7 Å². The molecule has 2 aromatic carbocycles. The molecule has 0 saturated heterocycles. The van der Waals surface area contributed by atoms with Gasteiger partial charge in [0.05, 0.1) is 22.9 Å². The summed E-state index contributed by atoms with van der Waals surface area (Å²) in [6, 6.07) is 12.3. The quantitative estimate of drug-likeness (QED) is 0.796. The number of fused-ring (bicyclic) bond motifs is 1. The van der Waals surface area contributed by atoms with Crippen molar-refractivity contribution in [3.8, 4) is 0 Å². The number of nitrogens with one attached hydrogen (secondary N) is 1. The number of rotatable bonds is 4. The molecule has 24 heavy (non-hydrogen) atoms. The minimum atomic E-state index is -4.39. The van der Waals surface area contributed by atoms with Crippen LogP contribution in [0.25, 0.3) is 11.0 Å². The third-order valence-electron chi connectivity index (χ3n) is 3.59. The fourth-order valence-electron chi connectivity index (χ4n) is 2.41. The van der Waals surface area contributed by atoms with Gasteiger partial charge in [-0.05, 0) is 29.8 Å². The second kappa shape index (κ2) is 6.35. The van der Waals surface area contributed by atoms with Gasteiger partial charge < -0.3 is 9.88 Å². The Bertz CT molecular complexity index is 871. The number of amides is 1. The molecule has 1 heterocycles. The lowest BCUT2D eigenvalue weighted by Gasteiger charge is -2.10. The summed E-state index contributed by atoms with van der Waals surface area (Å²) in [5.74, 6) is -0.296. The van der Waals surface area contributed by atoms with Crippen LogP contribution in [-0.2, 0) is 24.1 Å². The van der Waals surface area contributed by atoms with E-state index in [1.807, 2.05) is 24.3 Å². The molecule has 0 aliphatic heterocycles. The molecule has 0 unspecified atom stereocenters. The van der Waals surface area contributed by atoms with Crippen LogP contribution >= 0.6 is 0 Å². The van der Waals surface area contributed by atoms with E-state index in [1.54, 1.807) is 17.0 Å². The number of hydrogen-bond acceptors (Lipinski definition) is 2. The van der Waals surface area contributed by atoms with Crippen molar-refractivity contribution in [2.24, 2.45) is 0 Å². The standard InChI is InChI=1S/C17H14F3N3O/c18-17(19,20)13-5-3-4-12(8-13)9-21-16(24)10-23-11-22-14-6-1-2-7-15(14)23/h1-8,11H,9-10H2,(H,21,24). The number of imidazole rings is 1. The Morgan fingerprint density at radius 1 is 1.12 bits per heavy atom. The summed E-state index contributed by atoms with van der Waals surface area (Å²) in [6.45, 7) is 0.0921. The molecule has 3 aromatic rings. The van der Waals surface area contributed by atoms with Crippen molar-refractivity contribution in [1.29, 1.82) is 0 Å². The van der Waals surface area contributed by atoms with Crippen molar-refractivity contribution < 1.29 is 18.0 Å². The van der Waals surface area contributed by atoms with Gasteiger partial charge in [0.25, 0.3) is 0 Å². The number of aromatic nitrogens is 2. The SMILES string of the molecule is O=C(Cn1cnc2ccccc21)NCc1cccc(C(F)(F)F)c1. The van der Waals surface area contributed by atoms with E-state index >= 15 is 0 Å². The van der Waals surface area contributed by atoms with Gasteiger partial charge in [-0.1, -0.05) is 24.3 Å². The number of carbonyl (C=O) groups is 1. The molecule has 0 spiro atoms. The van der Waals surface area contributed by atoms with Crippen LogP contribution in [0.2, 0.25) is 0 Å². The molecule has 0 bridgehead atoms. The highest BCUT2D eigenvalue weighted by molar-refractivity contribution is 5.80. The molecule has 0 radical (unpaired) electrons. The van der Waals surface area contributed by atoms with E-state index in [2.05, 4.69) is 10.3 Å². The number of benzene rings is 2. The molecule has 1 amide bonds. The number of halogens is 3. The number of alkyl halides is 3. The summed E-state index contributed by atoms with van der Waals surface area (Å²) in [7, 11) is 0. The molecule has 124 valence electrons. The molecule has 0 aliphatic rings. The van der Waals surface area contributed by atoms with Crippen molar-refractivity contribution in [1.82, 2.24) is 14.9 Å². The van der Waals surface area contributed by atoms with Gasteiger partial charge in [-0.15, -0.1) is 0 Å². The topological polar surface area (TPSA) is 46.9 Å². The van der Waals surface area contributed by atoms with Gasteiger partial charge in [-0.3, -0.25) is 4.79 Å². The van der Waals surface area contributed by atoms with Gasteiger partial charge >= 0.3 is 6.18 Å². The van der Waals surface area contributed by atoms with Crippen molar-refractivity contribution in [2.45, 2.75) is 19.3 Å². The zero-order valence-electron chi connectivity index (χ0n) is 12.5. The maximum absolute atomic E-state index is 12.7. The van der Waals surface area contributed by atoms with Crippen LogP contribution in [0.15, 0.2) is 54.9 Å². The Morgan fingerprint density at radius 3 is 2.71 bits per heavy atom. The van der Waals surface area contributed by atoms with Crippen LogP contribution in [0.5, 0.6) is 0 Å². The molecule has 7 heteroatoms. The lowest BCUT2D eigenvalue weighted by atomic mass is 10.1. The van der Waals surface area contributed by atoms with E-state index in [0.717, 1.165) is 23.2 Å². The Balaban J connectivity index is 1.64. The highest BCUT2D eigenvalue weighted by atomic mass is 19.4. The third kappa shape index (κ3) is 3.56. The highest BCUT2D eigenvalue weighted by Crippen LogP contribution is 2.29. The van der Waals surface area contributed by atoms with Gasteiger partial charge in [-0.25, -0.2) is 4.98 Å². The van der Waals surface area contributed by atoms with Gasteiger partial charge in [0.2, 0.25) is 5.91 Å². The minimum absolute atomic E-state index is 0.0371. The molecule has 0 atom stereocenters. The van der Waals surface area contributed by atoms with Crippen LogP contribution < -0.4 is 5.32 Å². The number of carbonyl (C=O) groups excluding carboxylic acids is 1. The zero-order valence-corrected chi connectivity index (χ0v) is 12.5. The van der Waals surface area contributed by atoms with Gasteiger partial charge in [-0.2, -0.15) is 13.2 Å². The van der Waals surface area contributed by atoms with E-state index in [1.165, 1.54) is 6.07 Å². The molecular weight excluding hydrogens is 319 g/mol. The lowest BCUT2D eigenvalue weighted by molar-refractivity contribution is -0.137. The van der Waals surface area contributed by atoms with E-state index in [9.17, 15) is 18.0 Å². The summed E-state index contributed by atoms with van der Waals surface area (Å²) in [5.41, 5.74) is 1.28. The second-order valence-electron chi connectivity index (χ2n) is 5.34. The Labute approximate surface area is 135 Å². The normalized spacial score (nSPS) is 11.6. The first-order chi connectivity index (χ1) is 11.4. The number of para-hydroxylation sites is 2. The lowest BCUT2D eigenvalue weighted by Crippen LogP contribution is -2.27. The average Bonchev–Trinajstić information content (AvgIpc) is 2.96. The van der Waals surface area contributed by atoms with Crippen molar-refractivity contribution in [3.63, 3.8) is 0 Å². The molecule has 4 nitrogen and oxygen atoms in total. The fourth-order valence-corrected chi connectivity index (χ4v) is 2.41. The Hall–Kier alpha value is -2.83. The number of nitrogens with zero attached hydrogens (tertiary/aromatic N) is 2. The summed E-state index contributed by atoms with van der Waals surface area (Å²) in [6.07, 6.45) is -2.83. The van der Waals surface area contributed by atoms with Crippen LogP contribution in [0.3, 0.4) is 0 Å². The highest BCUT2D eigenvalue weighted by Gasteiger charge is 2.30.